The van der Waals surface area contributed by atoms with Crippen molar-refractivity contribution in [3.8, 4) is 0 Å². The van der Waals surface area contributed by atoms with Crippen molar-refractivity contribution in [2.75, 3.05) is 13.2 Å². The summed E-state index contributed by atoms with van der Waals surface area (Å²) >= 11 is 1.75. The number of ether oxygens (including phenoxy) is 1. The molecule has 1 aliphatic heterocycles. The molecular weight excluding hydrogens is 194 g/mol. The molecule has 2 rings (SSSR count). The van der Waals surface area contributed by atoms with Crippen LogP contribution in [0.2, 0.25) is 0 Å². The van der Waals surface area contributed by atoms with Crippen LogP contribution >= 0.6 is 23.7 Å². The van der Waals surface area contributed by atoms with Crippen LogP contribution in [0.25, 0.3) is 0 Å². The zero-order chi connectivity index (χ0) is 7.68. The molecule has 0 saturated heterocycles. The maximum Gasteiger partial charge on any atom is 0.104 e. The Labute approximate surface area is 82.1 Å². The van der Waals surface area contributed by atoms with Gasteiger partial charge in [0.1, 0.15) is 6.10 Å². The number of rotatable bonds is 1. The van der Waals surface area contributed by atoms with Gasteiger partial charge < -0.3 is 10.5 Å². The van der Waals surface area contributed by atoms with Gasteiger partial charge in [0.15, 0.2) is 0 Å². The maximum absolute atomic E-state index is 5.56. The SMILES string of the molecule is Cl.NCC1OCCc2ccsc21. The summed E-state index contributed by atoms with van der Waals surface area (Å²) in [5.41, 5.74) is 6.99. The second kappa shape index (κ2) is 4.23. The second-order valence-electron chi connectivity index (χ2n) is 2.66. The van der Waals surface area contributed by atoms with Crippen LogP contribution in [0.1, 0.15) is 16.5 Å². The van der Waals surface area contributed by atoms with Crippen LogP contribution in [0.4, 0.5) is 0 Å². The van der Waals surface area contributed by atoms with E-state index in [4.69, 9.17) is 10.5 Å². The van der Waals surface area contributed by atoms with E-state index in [9.17, 15) is 0 Å². The van der Waals surface area contributed by atoms with Gasteiger partial charge in [-0.3, -0.25) is 0 Å². The predicted molar refractivity (Wildman–Crippen MR) is 53.0 cm³/mol. The Morgan fingerprint density at radius 1 is 1.67 bits per heavy atom. The molecule has 0 aliphatic carbocycles. The molecule has 2 N–H and O–H groups in total. The van der Waals surface area contributed by atoms with Crippen molar-refractivity contribution >= 4 is 23.7 Å². The standard InChI is InChI=1S/C8H11NOS.ClH/c9-5-7-8-6(1-3-10-7)2-4-11-8;/h2,4,7H,1,3,5,9H2;1H. The average Bonchev–Trinajstić information content (AvgIpc) is 2.50. The molecule has 12 heavy (non-hydrogen) atoms. The summed E-state index contributed by atoms with van der Waals surface area (Å²) in [6.07, 6.45) is 1.22. The Bertz CT molecular complexity index is 251. The first kappa shape index (κ1) is 9.99. The van der Waals surface area contributed by atoms with Crippen LogP contribution in [0.5, 0.6) is 0 Å². The smallest absolute Gasteiger partial charge is 0.104 e. The highest BCUT2D eigenvalue weighted by molar-refractivity contribution is 7.10. The lowest BCUT2D eigenvalue weighted by Gasteiger charge is -2.21. The zero-order valence-corrected chi connectivity index (χ0v) is 8.29. The molecule has 0 amide bonds. The lowest BCUT2D eigenvalue weighted by molar-refractivity contribution is 0.0515. The fourth-order valence-corrected chi connectivity index (χ4v) is 2.41. The Morgan fingerprint density at radius 2 is 2.50 bits per heavy atom. The summed E-state index contributed by atoms with van der Waals surface area (Å²) in [5.74, 6) is 0. The molecular formula is C8H12ClNOS. The van der Waals surface area contributed by atoms with Gasteiger partial charge in [0.25, 0.3) is 0 Å². The van der Waals surface area contributed by atoms with E-state index >= 15 is 0 Å². The number of halogens is 1. The van der Waals surface area contributed by atoms with Crippen molar-refractivity contribution in [1.29, 1.82) is 0 Å². The van der Waals surface area contributed by atoms with Crippen molar-refractivity contribution < 1.29 is 4.74 Å². The molecule has 0 fully saturated rings. The predicted octanol–water partition coefficient (Wildman–Crippen LogP) is 1.74. The normalized spacial score (nSPS) is 21.2. The first-order valence-electron chi connectivity index (χ1n) is 3.79. The van der Waals surface area contributed by atoms with Crippen molar-refractivity contribution in [1.82, 2.24) is 0 Å². The summed E-state index contributed by atoms with van der Waals surface area (Å²) in [7, 11) is 0. The van der Waals surface area contributed by atoms with E-state index in [0.29, 0.717) is 6.54 Å². The monoisotopic (exact) mass is 205 g/mol. The van der Waals surface area contributed by atoms with Crippen LogP contribution in [-0.2, 0) is 11.2 Å². The Hall–Kier alpha value is -0.0900. The second-order valence-corrected chi connectivity index (χ2v) is 3.60. The highest BCUT2D eigenvalue weighted by Crippen LogP contribution is 2.30. The highest BCUT2D eigenvalue weighted by atomic mass is 35.5. The fraction of sp³-hybridized carbons (Fsp3) is 0.500. The van der Waals surface area contributed by atoms with Gasteiger partial charge >= 0.3 is 0 Å². The Balaban J connectivity index is 0.000000720. The molecule has 1 aromatic heterocycles. The molecule has 0 saturated carbocycles. The van der Waals surface area contributed by atoms with Crippen LogP contribution in [0.3, 0.4) is 0 Å². The van der Waals surface area contributed by atoms with Crippen LogP contribution < -0.4 is 5.73 Å². The first-order chi connectivity index (χ1) is 5.42. The average molecular weight is 206 g/mol. The van der Waals surface area contributed by atoms with Crippen molar-refractivity contribution in [2.24, 2.45) is 5.73 Å². The Morgan fingerprint density at radius 3 is 3.25 bits per heavy atom. The van der Waals surface area contributed by atoms with Gasteiger partial charge in [-0.15, -0.1) is 23.7 Å². The van der Waals surface area contributed by atoms with E-state index < -0.39 is 0 Å². The molecule has 1 unspecified atom stereocenters. The van der Waals surface area contributed by atoms with Crippen LogP contribution in [0, 0.1) is 0 Å². The highest BCUT2D eigenvalue weighted by Gasteiger charge is 2.19. The van der Waals surface area contributed by atoms with Crippen molar-refractivity contribution in [3.05, 3.63) is 21.9 Å². The lowest BCUT2D eigenvalue weighted by Crippen LogP contribution is -2.21. The molecule has 0 bridgehead atoms. The number of nitrogens with two attached hydrogens (primary N) is 1. The summed E-state index contributed by atoms with van der Waals surface area (Å²) in [5, 5.41) is 2.11. The van der Waals surface area contributed by atoms with E-state index in [0.717, 1.165) is 13.0 Å². The molecule has 0 radical (unpaired) electrons. The fourth-order valence-electron chi connectivity index (χ4n) is 1.40. The zero-order valence-electron chi connectivity index (χ0n) is 6.66. The van der Waals surface area contributed by atoms with Gasteiger partial charge in [0.2, 0.25) is 0 Å². The van der Waals surface area contributed by atoms with Crippen LogP contribution in [0.15, 0.2) is 11.4 Å². The van der Waals surface area contributed by atoms with Crippen LogP contribution in [-0.4, -0.2) is 13.2 Å². The van der Waals surface area contributed by atoms with Gasteiger partial charge in [-0.1, -0.05) is 0 Å². The minimum Gasteiger partial charge on any atom is -0.371 e. The molecule has 0 spiro atoms. The third-order valence-electron chi connectivity index (χ3n) is 1.98. The molecule has 0 aromatic carbocycles. The first-order valence-corrected chi connectivity index (χ1v) is 4.67. The van der Waals surface area contributed by atoms with E-state index in [-0.39, 0.29) is 18.5 Å². The molecule has 68 valence electrons. The summed E-state index contributed by atoms with van der Waals surface area (Å²) in [6.45, 7) is 1.43. The van der Waals surface area contributed by atoms with Gasteiger partial charge in [-0.05, 0) is 23.4 Å². The quantitative estimate of drug-likeness (QED) is 0.758. The molecule has 2 nitrogen and oxygen atoms in total. The number of hydrogen-bond donors (Lipinski definition) is 1. The molecule has 4 heteroatoms. The molecule has 1 atom stereocenters. The summed E-state index contributed by atoms with van der Waals surface area (Å²) < 4.78 is 5.50. The van der Waals surface area contributed by atoms with Gasteiger partial charge in [-0.25, -0.2) is 0 Å². The van der Waals surface area contributed by atoms with Crippen molar-refractivity contribution in [3.63, 3.8) is 0 Å². The number of hydrogen-bond acceptors (Lipinski definition) is 3. The molecule has 1 aromatic rings. The molecule has 2 heterocycles. The maximum atomic E-state index is 5.56. The largest absolute Gasteiger partial charge is 0.371 e. The summed E-state index contributed by atoms with van der Waals surface area (Å²) in [4.78, 5) is 1.33. The van der Waals surface area contributed by atoms with Gasteiger partial charge in [-0.2, -0.15) is 0 Å². The van der Waals surface area contributed by atoms with E-state index in [2.05, 4.69) is 11.4 Å². The minimum atomic E-state index is 0. The third-order valence-corrected chi connectivity index (χ3v) is 3.03. The lowest BCUT2D eigenvalue weighted by atomic mass is 10.1. The topological polar surface area (TPSA) is 35.2 Å². The van der Waals surface area contributed by atoms with E-state index in [1.165, 1.54) is 10.4 Å². The Kier molecular flexibility index (Phi) is 3.53. The van der Waals surface area contributed by atoms with Gasteiger partial charge in [0.05, 0.1) is 6.61 Å². The van der Waals surface area contributed by atoms with E-state index in [1.807, 2.05) is 0 Å². The van der Waals surface area contributed by atoms with Crippen molar-refractivity contribution in [2.45, 2.75) is 12.5 Å². The number of fused-ring (bicyclic) bond motifs is 1. The minimum absolute atomic E-state index is 0. The molecule has 1 aliphatic rings. The number of thiophene rings is 1. The third kappa shape index (κ3) is 1.64. The van der Waals surface area contributed by atoms with Gasteiger partial charge in [0, 0.05) is 11.4 Å². The van der Waals surface area contributed by atoms with E-state index in [1.54, 1.807) is 11.3 Å². The summed E-state index contributed by atoms with van der Waals surface area (Å²) in [6, 6.07) is 2.17.